The Morgan fingerprint density at radius 2 is 1.61 bits per heavy atom. The third kappa shape index (κ3) is 4.68. The highest BCUT2D eigenvalue weighted by molar-refractivity contribution is 6.77. The second kappa shape index (κ2) is 9.35. The summed E-state index contributed by atoms with van der Waals surface area (Å²) in [6, 6.07) is 9.81. The molecular formula is C22H37FO4Si. The number of hydrogen-bond acceptors (Lipinski definition) is 4. The maximum atomic E-state index is 15.5. The summed E-state index contributed by atoms with van der Waals surface area (Å²) in [5.74, 6) is 0. The van der Waals surface area contributed by atoms with Crippen molar-refractivity contribution in [1.82, 2.24) is 0 Å². The first-order valence-corrected chi connectivity index (χ1v) is 12.5. The van der Waals surface area contributed by atoms with Gasteiger partial charge in [0.15, 0.2) is 12.0 Å². The Morgan fingerprint density at radius 3 is 2.11 bits per heavy atom. The van der Waals surface area contributed by atoms with E-state index in [4.69, 9.17) is 13.9 Å². The van der Waals surface area contributed by atoms with Crippen LogP contribution in [0.3, 0.4) is 0 Å². The lowest BCUT2D eigenvalue weighted by Gasteiger charge is -2.46. The van der Waals surface area contributed by atoms with Crippen LogP contribution in [-0.4, -0.2) is 44.2 Å². The number of aliphatic hydroxyl groups excluding tert-OH is 1. The van der Waals surface area contributed by atoms with Crippen molar-refractivity contribution >= 4 is 8.32 Å². The van der Waals surface area contributed by atoms with Crippen LogP contribution < -0.4 is 0 Å². The Morgan fingerprint density at radius 1 is 1.07 bits per heavy atom. The second-order valence-electron chi connectivity index (χ2n) is 9.03. The van der Waals surface area contributed by atoms with Crippen molar-refractivity contribution in [2.24, 2.45) is 0 Å². The van der Waals surface area contributed by atoms with Crippen molar-refractivity contribution in [2.75, 3.05) is 6.61 Å². The Kier molecular flexibility index (Phi) is 7.84. The zero-order valence-corrected chi connectivity index (χ0v) is 19.3. The normalized spacial score (nSPS) is 28.6. The van der Waals surface area contributed by atoms with Gasteiger partial charge in [-0.05, 0) is 29.1 Å². The van der Waals surface area contributed by atoms with Crippen LogP contribution in [0.4, 0.5) is 4.39 Å². The molecule has 4 unspecified atom stereocenters. The van der Waals surface area contributed by atoms with E-state index >= 15 is 4.39 Å². The first-order valence-electron chi connectivity index (χ1n) is 10.3. The van der Waals surface area contributed by atoms with Crippen LogP contribution in [0.5, 0.6) is 0 Å². The van der Waals surface area contributed by atoms with Gasteiger partial charge in [0.2, 0.25) is 8.32 Å². The zero-order chi connectivity index (χ0) is 21.1. The quantitative estimate of drug-likeness (QED) is 0.566. The number of aliphatic hydroxyl groups is 1. The standard InChI is InChI=1S/C22H37FO4Si/c1-15(2)28(16(3)4,17(5)6)27-20-19(26-21(24)22(20,7)23)14-25-13-18-11-9-8-10-12-18/h8-12,15-17,19-21,24H,13-14H2,1-7H3. The fourth-order valence-corrected chi connectivity index (χ4v) is 10.3. The molecule has 1 aromatic carbocycles. The van der Waals surface area contributed by atoms with Gasteiger partial charge in [-0.3, -0.25) is 0 Å². The first kappa shape index (κ1) is 23.5. The maximum Gasteiger partial charge on any atom is 0.201 e. The molecule has 28 heavy (non-hydrogen) atoms. The van der Waals surface area contributed by atoms with Crippen LogP contribution in [0, 0.1) is 0 Å². The Bertz CT molecular complexity index is 584. The molecule has 2 rings (SSSR count). The number of alkyl halides is 1. The molecule has 0 spiro atoms. The summed E-state index contributed by atoms with van der Waals surface area (Å²) in [6.07, 6.45) is -3.00. The molecule has 1 aliphatic heterocycles. The lowest BCUT2D eigenvalue weighted by molar-refractivity contribution is -0.147. The van der Waals surface area contributed by atoms with Crippen molar-refractivity contribution in [3.8, 4) is 0 Å². The lowest BCUT2D eigenvalue weighted by atomic mass is 10.00. The summed E-state index contributed by atoms with van der Waals surface area (Å²) in [4.78, 5) is 0. The van der Waals surface area contributed by atoms with Crippen molar-refractivity contribution in [1.29, 1.82) is 0 Å². The van der Waals surface area contributed by atoms with Crippen LogP contribution in [0.15, 0.2) is 30.3 Å². The first-order chi connectivity index (χ1) is 13.0. The largest absolute Gasteiger partial charge is 0.407 e. The molecule has 1 aliphatic rings. The Hall–Kier alpha value is -0.793. The summed E-state index contributed by atoms with van der Waals surface area (Å²) in [6.45, 7) is 14.9. The topological polar surface area (TPSA) is 47.9 Å². The predicted octanol–water partition coefficient (Wildman–Crippen LogP) is 5.21. The van der Waals surface area contributed by atoms with Gasteiger partial charge in [-0.15, -0.1) is 0 Å². The highest BCUT2D eigenvalue weighted by Gasteiger charge is 2.59. The Balaban J connectivity index is 2.18. The van der Waals surface area contributed by atoms with E-state index in [1.807, 2.05) is 30.3 Å². The molecule has 0 saturated carbocycles. The van der Waals surface area contributed by atoms with E-state index in [0.717, 1.165) is 5.56 Å². The molecular weight excluding hydrogens is 375 g/mol. The van der Waals surface area contributed by atoms with E-state index in [2.05, 4.69) is 41.5 Å². The monoisotopic (exact) mass is 412 g/mol. The lowest BCUT2D eigenvalue weighted by Crippen LogP contribution is -2.56. The summed E-state index contributed by atoms with van der Waals surface area (Å²) >= 11 is 0. The van der Waals surface area contributed by atoms with Gasteiger partial charge in [-0.1, -0.05) is 71.9 Å². The summed E-state index contributed by atoms with van der Waals surface area (Å²) < 4.78 is 33.5. The van der Waals surface area contributed by atoms with E-state index in [9.17, 15) is 5.11 Å². The van der Waals surface area contributed by atoms with Crippen LogP contribution >= 0.6 is 0 Å². The van der Waals surface area contributed by atoms with E-state index < -0.39 is 32.5 Å². The third-order valence-corrected chi connectivity index (χ3v) is 12.2. The molecule has 4 atom stereocenters. The van der Waals surface area contributed by atoms with Gasteiger partial charge in [0.05, 0.1) is 13.2 Å². The predicted molar refractivity (Wildman–Crippen MR) is 112 cm³/mol. The van der Waals surface area contributed by atoms with Crippen molar-refractivity contribution in [3.63, 3.8) is 0 Å². The fourth-order valence-electron chi connectivity index (χ4n) is 4.69. The van der Waals surface area contributed by atoms with Gasteiger partial charge in [-0.25, -0.2) is 4.39 Å². The molecule has 1 aromatic rings. The van der Waals surface area contributed by atoms with Gasteiger partial charge >= 0.3 is 0 Å². The van der Waals surface area contributed by atoms with E-state index in [-0.39, 0.29) is 6.61 Å². The molecule has 1 heterocycles. The minimum absolute atomic E-state index is 0.175. The van der Waals surface area contributed by atoms with Crippen LogP contribution in [0.2, 0.25) is 16.6 Å². The molecule has 0 bridgehead atoms. The molecule has 6 heteroatoms. The van der Waals surface area contributed by atoms with Crippen LogP contribution in [-0.2, 0) is 20.5 Å². The summed E-state index contributed by atoms with van der Waals surface area (Å²) in [5, 5.41) is 10.2. The fraction of sp³-hybridized carbons (Fsp3) is 0.727. The molecule has 0 aliphatic carbocycles. The molecule has 1 saturated heterocycles. The van der Waals surface area contributed by atoms with Crippen molar-refractivity contribution in [2.45, 2.75) is 95.9 Å². The molecule has 160 valence electrons. The van der Waals surface area contributed by atoms with Gasteiger partial charge in [0, 0.05) is 0 Å². The van der Waals surface area contributed by atoms with Crippen LogP contribution in [0.1, 0.15) is 54.0 Å². The molecule has 0 radical (unpaired) electrons. The zero-order valence-electron chi connectivity index (χ0n) is 18.3. The minimum Gasteiger partial charge on any atom is -0.407 e. The smallest absolute Gasteiger partial charge is 0.201 e. The van der Waals surface area contributed by atoms with Gasteiger partial charge in [-0.2, -0.15) is 0 Å². The summed E-state index contributed by atoms with van der Waals surface area (Å²) in [7, 11) is -2.34. The molecule has 0 amide bonds. The number of hydrogen-bond donors (Lipinski definition) is 1. The number of halogens is 1. The maximum absolute atomic E-state index is 15.5. The van der Waals surface area contributed by atoms with E-state index in [0.29, 0.717) is 23.2 Å². The second-order valence-corrected chi connectivity index (χ2v) is 14.4. The van der Waals surface area contributed by atoms with Gasteiger partial charge in [0.25, 0.3) is 0 Å². The average molecular weight is 413 g/mol. The average Bonchev–Trinajstić information content (AvgIpc) is 2.81. The number of ether oxygens (including phenoxy) is 2. The highest BCUT2D eigenvalue weighted by Crippen LogP contribution is 2.47. The summed E-state index contributed by atoms with van der Waals surface area (Å²) in [5.41, 5.74) is 0.0000980. The van der Waals surface area contributed by atoms with Crippen molar-refractivity contribution in [3.05, 3.63) is 35.9 Å². The number of benzene rings is 1. The Labute approximate surface area is 170 Å². The molecule has 1 fully saturated rings. The molecule has 1 N–H and O–H groups in total. The van der Waals surface area contributed by atoms with Gasteiger partial charge in [0.1, 0.15) is 12.2 Å². The number of rotatable bonds is 9. The highest BCUT2D eigenvalue weighted by atomic mass is 28.4. The van der Waals surface area contributed by atoms with Crippen molar-refractivity contribution < 1.29 is 23.4 Å². The van der Waals surface area contributed by atoms with E-state index in [1.54, 1.807) is 0 Å². The molecule has 0 aromatic heterocycles. The van der Waals surface area contributed by atoms with Gasteiger partial charge < -0.3 is 19.0 Å². The third-order valence-electron chi connectivity index (χ3n) is 6.11. The molecule has 4 nitrogen and oxygen atoms in total. The van der Waals surface area contributed by atoms with E-state index in [1.165, 1.54) is 6.92 Å². The minimum atomic E-state index is -2.34. The van der Waals surface area contributed by atoms with Crippen LogP contribution in [0.25, 0.3) is 0 Å². The SMILES string of the molecule is CC(C)[Si](OC1C(COCc2ccccc2)OC(O)C1(C)F)(C(C)C)C(C)C.